The lowest BCUT2D eigenvalue weighted by molar-refractivity contribution is 0.157. The molecule has 1 heterocycles. The zero-order valence-corrected chi connectivity index (χ0v) is 10.9. The Bertz CT molecular complexity index is 480. The Labute approximate surface area is 111 Å². The number of benzene rings is 1. The van der Waals surface area contributed by atoms with Crippen molar-refractivity contribution in [3.63, 3.8) is 0 Å². The molecule has 1 saturated heterocycles. The average Bonchev–Trinajstić information content (AvgIpc) is 2.40. The molecule has 2 rings (SSSR count). The molecule has 6 heteroatoms. The van der Waals surface area contributed by atoms with Crippen molar-refractivity contribution < 1.29 is 9.13 Å². The number of piperidine rings is 1. The molecule has 1 aliphatic heterocycles. The van der Waals surface area contributed by atoms with Crippen LogP contribution in [0.4, 0.5) is 10.1 Å². The Kier molecular flexibility index (Phi) is 4.60. The molecular weight excluding hydrogens is 247 g/mol. The smallest absolute Gasteiger partial charge is 0.165 e. The van der Waals surface area contributed by atoms with Gasteiger partial charge in [-0.1, -0.05) is 5.11 Å². The molecule has 0 aromatic heterocycles. The van der Waals surface area contributed by atoms with Crippen molar-refractivity contribution in [2.45, 2.75) is 12.8 Å². The second-order valence-electron chi connectivity index (χ2n) is 4.86. The number of likely N-dealkylation sites (tertiary alicyclic amines) is 1. The van der Waals surface area contributed by atoms with Crippen LogP contribution in [0.25, 0.3) is 10.4 Å². The molecule has 0 bridgehead atoms. The van der Waals surface area contributed by atoms with E-state index >= 15 is 0 Å². The molecule has 1 aromatic rings. The van der Waals surface area contributed by atoms with Crippen LogP contribution in [0.2, 0.25) is 0 Å². The first-order chi connectivity index (χ1) is 9.19. The van der Waals surface area contributed by atoms with Crippen LogP contribution in [0.1, 0.15) is 12.8 Å². The van der Waals surface area contributed by atoms with Crippen LogP contribution in [0.3, 0.4) is 0 Å². The molecule has 0 radical (unpaired) electrons. The first kappa shape index (κ1) is 13.6. The van der Waals surface area contributed by atoms with Gasteiger partial charge >= 0.3 is 0 Å². The summed E-state index contributed by atoms with van der Waals surface area (Å²) >= 11 is 0. The van der Waals surface area contributed by atoms with Crippen molar-refractivity contribution in [3.8, 4) is 5.75 Å². The lowest BCUT2D eigenvalue weighted by Crippen LogP contribution is -2.32. The number of halogens is 1. The molecule has 0 saturated carbocycles. The van der Waals surface area contributed by atoms with Crippen molar-refractivity contribution >= 4 is 5.69 Å². The molecule has 102 valence electrons. The molecule has 0 unspecified atom stereocenters. The molecular formula is C13H17FN4O. The van der Waals surface area contributed by atoms with Crippen LogP contribution in [0, 0.1) is 11.7 Å². The monoisotopic (exact) mass is 264 g/mol. The van der Waals surface area contributed by atoms with Gasteiger partial charge in [0.05, 0.1) is 6.61 Å². The number of azide groups is 1. The minimum atomic E-state index is -0.488. The molecule has 1 fully saturated rings. The summed E-state index contributed by atoms with van der Waals surface area (Å²) in [4.78, 5) is 4.90. The summed E-state index contributed by atoms with van der Waals surface area (Å²) in [6.45, 7) is 2.66. The number of ether oxygens (including phenoxy) is 1. The third-order valence-electron chi connectivity index (χ3n) is 3.39. The Morgan fingerprint density at radius 3 is 2.84 bits per heavy atom. The van der Waals surface area contributed by atoms with Gasteiger partial charge in [0.15, 0.2) is 11.6 Å². The summed E-state index contributed by atoms with van der Waals surface area (Å²) in [5, 5.41) is 3.35. The van der Waals surface area contributed by atoms with Crippen molar-refractivity contribution in [1.29, 1.82) is 0 Å². The summed E-state index contributed by atoms with van der Waals surface area (Å²) in [7, 11) is 2.10. The Morgan fingerprint density at radius 1 is 1.47 bits per heavy atom. The minimum absolute atomic E-state index is 0.218. The van der Waals surface area contributed by atoms with E-state index in [1.807, 2.05) is 0 Å². The topological polar surface area (TPSA) is 61.2 Å². The van der Waals surface area contributed by atoms with Crippen LogP contribution in [-0.2, 0) is 0 Å². The molecule has 19 heavy (non-hydrogen) atoms. The highest BCUT2D eigenvalue weighted by Gasteiger charge is 2.17. The number of nitrogens with zero attached hydrogens (tertiary/aromatic N) is 4. The Hall–Kier alpha value is -1.78. The van der Waals surface area contributed by atoms with Crippen LogP contribution in [0.5, 0.6) is 5.75 Å². The normalized spacial score (nSPS) is 16.9. The predicted molar refractivity (Wildman–Crippen MR) is 70.9 cm³/mol. The van der Waals surface area contributed by atoms with Crippen LogP contribution in [0.15, 0.2) is 23.3 Å². The molecule has 0 atom stereocenters. The van der Waals surface area contributed by atoms with E-state index in [1.165, 1.54) is 12.1 Å². The van der Waals surface area contributed by atoms with Gasteiger partial charge in [-0.25, -0.2) is 4.39 Å². The molecule has 1 aromatic carbocycles. The maximum atomic E-state index is 13.7. The Morgan fingerprint density at radius 2 is 2.21 bits per heavy atom. The number of rotatable bonds is 4. The maximum Gasteiger partial charge on any atom is 0.165 e. The zero-order valence-electron chi connectivity index (χ0n) is 10.9. The third kappa shape index (κ3) is 3.84. The SMILES string of the molecule is CN1CCC(COc2ccc(N=[N+]=[N-])cc2F)CC1. The second kappa shape index (κ2) is 6.41. The number of hydrogen-bond donors (Lipinski definition) is 0. The highest BCUT2D eigenvalue weighted by molar-refractivity contribution is 5.42. The second-order valence-corrected chi connectivity index (χ2v) is 4.86. The summed E-state index contributed by atoms with van der Waals surface area (Å²) in [5.41, 5.74) is 8.53. The summed E-state index contributed by atoms with van der Waals surface area (Å²) in [6.07, 6.45) is 2.16. The van der Waals surface area contributed by atoms with E-state index in [0.29, 0.717) is 12.5 Å². The molecule has 0 N–H and O–H groups in total. The van der Waals surface area contributed by atoms with E-state index in [4.69, 9.17) is 10.3 Å². The lowest BCUT2D eigenvalue weighted by Gasteiger charge is -2.28. The highest BCUT2D eigenvalue weighted by atomic mass is 19.1. The van der Waals surface area contributed by atoms with Gasteiger partial charge in [0.2, 0.25) is 0 Å². The maximum absolute atomic E-state index is 13.7. The molecule has 0 aliphatic carbocycles. The quantitative estimate of drug-likeness (QED) is 0.474. The largest absolute Gasteiger partial charge is 0.490 e. The Balaban J connectivity index is 1.90. The van der Waals surface area contributed by atoms with E-state index < -0.39 is 5.82 Å². The van der Waals surface area contributed by atoms with E-state index in [-0.39, 0.29) is 11.4 Å². The van der Waals surface area contributed by atoms with Gasteiger partial charge in [0, 0.05) is 10.6 Å². The van der Waals surface area contributed by atoms with E-state index in [0.717, 1.165) is 25.9 Å². The van der Waals surface area contributed by atoms with Crippen molar-refractivity contribution in [1.82, 2.24) is 4.90 Å². The van der Waals surface area contributed by atoms with Gasteiger partial charge in [-0.2, -0.15) is 0 Å². The van der Waals surface area contributed by atoms with Crippen molar-refractivity contribution in [3.05, 3.63) is 34.5 Å². The van der Waals surface area contributed by atoms with Gasteiger partial charge in [-0.05, 0) is 62.6 Å². The summed E-state index contributed by atoms with van der Waals surface area (Å²) in [6, 6.07) is 4.24. The molecule has 0 spiro atoms. The van der Waals surface area contributed by atoms with E-state index in [9.17, 15) is 4.39 Å². The standard InChI is InChI=1S/C13H17FN4O/c1-18-6-4-10(5-7-18)9-19-13-3-2-11(16-17-15)8-12(13)14/h2-3,8,10H,4-7,9H2,1H3. The van der Waals surface area contributed by atoms with E-state index in [1.54, 1.807) is 6.07 Å². The first-order valence-corrected chi connectivity index (χ1v) is 6.35. The average molecular weight is 264 g/mol. The van der Waals surface area contributed by atoms with Gasteiger partial charge in [-0.15, -0.1) is 0 Å². The third-order valence-corrected chi connectivity index (χ3v) is 3.39. The van der Waals surface area contributed by atoms with Crippen molar-refractivity contribution in [2.24, 2.45) is 11.0 Å². The first-order valence-electron chi connectivity index (χ1n) is 6.35. The summed E-state index contributed by atoms with van der Waals surface area (Å²) < 4.78 is 19.2. The van der Waals surface area contributed by atoms with Gasteiger partial charge in [0.1, 0.15) is 0 Å². The fourth-order valence-electron chi connectivity index (χ4n) is 2.16. The molecule has 0 amide bonds. The lowest BCUT2D eigenvalue weighted by atomic mass is 9.98. The van der Waals surface area contributed by atoms with Crippen LogP contribution >= 0.6 is 0 Å². The minimum Gasteiger partial charge on any atom is -0.490 e. The van der Waals surface area contributed by atoms with Gasteiger partial charge in [0.25, 0.3) is 0 Å². The van der Waals surface area contributed by atoms with Crippen LogP contribution < -0.4 is 4.74 Å². The predicted octanol–water partition coefficient (Wildman–Crippen LogP) is 3.49. The zero-order chi connectivity index (χ0) is 13.7. The number of hydrogen-bond acceptors (Lipinski definition) is 3. The molecule has 5 nitrogen and oxygen atoms in total. The van der Waals surface area contributed by atoms with E-state index in [2.05, 4.69) is 22.0 Å². The van der Waals surface area contributed by atoms with Crippen LogP contribution in [-0.4, -0.2) is 31.6 Å². The summed E-state index contributed by atoms with van der Waals surface area (Å²) in [5.74, 6) is 0.209. The highest BCUT2D eigenvalue weighted by Crippen LogP contribution is 2.25. The van der Waals surface area contributed by atoms with Crippen molar-refractivity contribution in [2.75, 3.05) is 26.7 Å². The van der Waals surface area contributed by atoms with Gasteiger partial charge < -0.3 is 9.64 Å². The fourth-order valence-corrected chi connectivity index (χ4v) is 2.16. The fraction of sp³-hybridized carbons (Fsp3) is 0.538. The van der Waals surface area contributed by atoms with Gasteiger partial charge in [-0.3, -0.25) is 0 Å². The molecule has 1 aliphatic rings.